The Morgan fingerprint density at radius 1 is 1.46 bits per heavy atom. The third-order valence-electron chi connectivity index (χ3n) is 1.83. The maximum atomic E-state index is 10.7. The first-order valence-electron chi connectivity index (χ1n) is 3.68. The number of fused-ring (bicyclic) bond motifs is 1. The summed E-state index contributed by atoms with van der Waals surface area (Å²) in [4.78, 5) is 10.7. The first-order valence-corrected chi connectivity index (χ1v) is 4.48. The molecule has 0 spiro atoms. The van der Waals surface area contributed by atoms with Gasteiger partial charge >= 0.3 is 5.97 Å². The van der Waals surface area contributed by atoms with Crippen LogP contribution in [0.15, 0.2) is 35.1 Å². The second kappa shape index (κ2) is 2.88. The number of hydrogen-bond acceptors (Lipinski definition) is 1. The number of carboxylic acid groups (broad SMARTS) is 1. The number of pyridine rings is 1. The van der Waals surface area contributed by atoms with E-state index in [1.807, 2.05) is 18.2 Å². The molecule has 0 saturated carbocycles. The molecule has 4 heteroatoms. The molecular weight excluding hydrogens is 234 g/mol. The minimum atomic E-state index is -0.907. The zero-order chi connectivity index (χ0) is 9.42. The molecule has 2 aromatic heterocycles. The number of aromatic nitrogens is 1. The molecule has 1 N–H and O–H groups in total. The van der Waals surface area contributed by atoms with Crippen molar-refractivity contribution in [1.82, 2.24) is 4.40 Å². The van der Waals surface area contributed by atoms with Gasteiger partial charge in [0.2, 0.25) is 0 Å². The molecule has 13 heavy (non-hydrogen) atoms. The van der Waals surface area contributed by atoms with Gasteiger partial charge in [-0.25, -0.2) is 4.79 Å². The lowest BCUT2D eigenvalue weighted by atomic mass is 10.3. The van der Waals surface area contributed by atoms with Crippen molar-refractivity contribution in [2.24, 2.45) is 0 Å². The number of carboxylic acids is 1. The van der Waals surface area contributed by atoms with E-state index in [-0.39, 0.29) is 0 Å². The average Bonchev–Trinajstić information content (AvgIpc) is 2.49. The third-order valence-corrected chi connectivity index (χ3v) is 2.47. The van der Waals surface area contributed by atoms with E-state index in [0.717, 1.165) is 10.1 Å². The molecule has 0 unspecified atom stereocenters. The fourth-order valence-electron chi connectivity index (χ4n) is 1.22. The summed E-state index contributed by atoms with van der Waals surface area (Å²) in [5.41, 5.74) is 1.17. The van der Waals surface area contributed by atoms with Crippen LogP contribution >= 0.6 is 15.9 Å². The largest absolute Gasteiger partial charge is 0.478 e. The van der Waals surface area contributed by atoms with E-state index in [4.69, 9.17) is 5.11 Å². The Hall–Kier alpha value is -1.29. The lowest BCUT2D eigenvalue weighted by Crippen LogP contribution is -1.92. The summed E-state index contributed by atoms with van der Waals surface area (Å²) in [7, 11) is 0. The van der Waals surface area contributed by atoms with E-state index in [1.165, 1.54) is 0 Å². The van der Waals surface area contributed by atoms with Gasteiger partial charge < -0.3 is 9.51 Å². The summed E-state index contributed by atoms with van der Waals surface area (Å²) in [5.74, 6) is -0.907. The van der Waals surface area contributed by atoms with E-state index < -0.39 is 5.97 Å². The quantitative estimate of drug-likeness (QED) is 0.777. The molecule has 0 aliphatic rings. The van der Waals surface area contributed by atoms with Crippen molar-refractivity contribution in [3.63, 3.8) is 0 Å². The number of carbonyl (C=O) groups is 1. The normalized spacial score (nSPS) is 10.5. The standard InChI is InChI=1S/C9H6BrNO2/c10-8-3-1-2-7-4-6(9(12)13)5-11(7)8/h1-5H,(H,12,13). The van der Waals surface area contributed by atoms with E-state index in [2.05, 4.69) is 15.9 Å². The van der Waals surface area contributed by atoms with E-state index in [0.29, 0.717) is 5.56 Å². The minimum absolute atomic E-state index is 0.298. The summed E-state index contributed by atoms with van der Waals surface area (Å²) < 4.78 is 2.63. The monoisotopic (exact) mass is 239 g/mol. The Morgan fingerprint density at radius 3 is 2.85 bits per heavy atom. The van der Waals surface area contributed by atoms with Crippen LogP contribution in [0.4, 0.5) is 0 Å². The highest BCUT2D eigenvalue weighted by atomic mass is 79.9. The Morgan fingerprint density at radius 2 is 2.23 bits per heavy atom. The summed E-state index contributed by atoms with van der Waals surface area (Å²) in [6.07, 6.45) is 1.59. The van der Waals surface area contributed by atoms with Crippen LogP contribution in [0.1, 0.15) is 10.4 Å². The number of rotatable bonds is 1. The van der Waals surface area contributed by atoms with Crippen LogP contribution in [0.25, 0.3) is 5.52 Å². The molecule has 2 rings (SSSR count). The average molecular weight is 240 g/mol. The van der Waals surface area contributed by atoms with Crippen LogP contribution in [0.2, 0.25) is 0 Å². The maximum Gasteiger partial charge on any atom is 0.337 e. The molecule has 0 aliphatic heterocycles. The maximum absolute atomic E-state index is 10.7. The first-order chi connectivity index (χ1) is 6.18. The van der Waals surface area contributed by atoms with Gasteiger partial charge in [0.05, 0.1) is 10.2 Å². The molecule has 0 atom stereocenters. The van der Waals surface area contributed by atoms with Crippen molar-refractivity contribution in [1.29, 1.82) is 0 Å². The molecular formula is C9H6BrNO2. The minimum Gasteiger partial charge on any atom is -0.478 e. The topological polar surface area (TPSA) is 41.7 Å². The molecule has 2 aromatic rings. The van der Waals surface area contributed by atoms with Crippen LogP contribution in [0.3, 0.4) is 0 Å². The van der Waals surface area contributed by atoms with Crippen molar-refractivity contribution >= 4 is 27.4 Å². The Kier molecular flexibility index (Phi) is 1.84. The van der Waals surface area contributed by atoms with Crippen LogP contribution in [-0.2, 0) is 0 Å². The second-order valence-electron chi connectivity index (χ2n) is 2.68. The molecule has 66 valence electrons. The molecule has 0 aliphatic carbocycles. The molecule has 0 fully saturated rings. The van der Waals surface area contributed by atoms with Crippen molar-refractivity contribution in [3.05, 3.63) is 40.6 Å². The number of aromatic carboxylic acids is 1. The predicted molar refractivity (Wildman–Crippen MR) is 52.1 cm³/mol. The highest BCUT2D eigenvalue weighted by molar-refractivity contribution is 9.10. The van der Waals surface area contributed by atoms with Crippen molar-refractivity contribution in [3.8, 4) is 0 Å². The SMILES string of the molecule is O=C(O)c1cc2cccc(Br)n2c1. The molecule has 3 nitrogen and oxygen atoms in total. The molecule has 0 radical (unpaired) electrons. The van der Waals surface area contributed by atoms with Crippen molar-refractivity contribution in [2.75, 3.05) is 0 Å². The van der Waals surface area contributed by atoms with Crippen LogP contribution < -0.4 is 0 Å². The van der Waals surface area contributed by atoms with Gasteiger partial charge in [-0.3, -0.25) is 0 Å². The molecule has 0 bridgehead atoms. The van der Waals surface area contributed by atoms with Gasteiger partial charge in [0.1, 0.15) is 0 Å². The Bertz CT molecular complexity index is 475. The van der Waals surface area contributed by atoms with Gasteiger partial charge in [0, 0.05) is 11.7 Å². The lowest BCUT2D eigenvalue weighted by Gasteiger charge is -1.95. The van der Waals surface area contributed by atoms with Gasteiger partial charge in [-0.05, 0) is 34.1 Å². The molecule has 0 saturated heterocycles. The van der Waals surface area contributed by atoms with Gasteiger partial charge in [0.25, 0.3) is 0 Å². The molecule has 2 heterocycles. The summed E-state index contributed by atoms with van der Waals surface area (Å²) in [6.45, 7) is 0. The lowest BCUT2D eigenvalue weighted by molar-refractivity contribution is 0.0697. The fraction of sp³-hybridized carbons (Fsp3) is 0. The number of nitrogens with zero attached hydrogens (tertiary/aromatic N) is 1. The second-order valence-corrected chi connectivity index (χ2v) is 3.49. The van der Waals surface area contributed by atoms with Gasteiger partial charge in [0.15, 0.2) is 0 Å². The zero-order valence-corrected chi connectivity index (χ0v) is 8.15. The highest BCUT2D eigenvalue weighted by Crippen LogP contribution is 2.16. The van der Waals surface area contributed by atoms with Crippen LogP contribution in [-0.4, -0.2) is 15.5 Å². The number of hydrogen-bond donors (Lipinski definition) is 1. The van der Waals surface area contributed by atoms with Crippen LogP contribution in [0, 0.1) is 0 Å². The summed E-state index contributed by atoms with van der Waals surface area (Å²) >= 11 is 3.33. The van der Waals surface area contributed by atoms with E-state index in [9.17, 15) is 4.79 Å². The first kappa shape index (κ1) is 8.31. The molecule has 0 aromatic carbocycles. The van der Waals surface area contributed by atoms with E-state index >= 15 is 0 Å². The van der Waals surface area contributed by atoms with Crippen molar-refractivity contribution in [2.45, 2.75) is 0 Å². The van der Waals surface area contributed by atoms with Crippen LogP contribution in [0.5, 0.6) is 0 Å². The zero-order valence-electron chi connectivity index (χ0n) is 6.57. The summed E-state index contributed by atoms with van der Waals surface area (Å²) in [6, 6.07) is 7.22. The van der Waals surface area contributed by atoms with Gasteiger partial charge in [-0.1, -0.05) is 6.07 Å². The Labute approximate surface area is 82.7 Å². The van der Waals surface area contributed by atoms with Gasteiger partial charge in [-0.2, -0.15) is 0 Å². The third kappa shape index (κ3) is 1.33. The summed E-state index contributed by atoms with van der Waals surface area (Å²) in [5, 5.41) is 8.75. The molecule has 0 amide bonds. The predicted octanol–water partition coefficient (Wildman–Crippen LogP) is 2.40. The number of halogens is 1. The van der Waals surface area contributed by atoms with Crippen molar-refractivity contribution < 1.29 is 9.90 Å². The Balaban J connectivity index is 2.75. The smallest absolute Gasteiger partial charge is 0.337 e. The van der Waals surface area contributed by atoms with E-state index in [1.54, 1.807) is 16.7 Å². The highest BCUT2D eigenvalue weighted by Gasteiger charge is 2.06. The fourth-order valence-corrected chi connectivity index (χ4v) is 1.68. The van der Waals surface area contributed by atoms with Gasteiger partial charge in [-0.15, -0.1) is 0 Å².